The van der Waals surface area contributed by atoms with Crippen molar-refractivity contribution in [3.8, 4) is 0 Å². The predicted molar refractivity (Wildman–Crippen MR) is 78.3 cm³/mol. The average Bonchev–Trinajstić information content (AvgIpc) is 2.47. The second-order valence-corrected chi connectivity index (χ2v) is 4.34. The molecule has 102 valence electrons. The van der Waals surface area contributed by atoms with E-state index < -0.39 is 0 Å². The molecule has 1 aromatic heterocycles. The van der Waals surface area contributed by atoms with Crippen molar-refractivity contribution >= 4 is 17.7 Å². The van der Waals surface area contributed by atoms with Crippen LogP contribution in [0.4, 0.5) is 0 Å². The van der Waals surface area contributed by atoms with Crippen LogP contribution in [0, 0.1) is 0 Å². The second kappa shape index (κ2) is 8.38. The van der Waals surface area contributed by atoms with Crippen molar-refractivity contribution in [3.63, 3.8) is 0 Å². The first kappa shape index (κ1) is 15.3. The maximum Gasteiger partial charge on any atom is 0.106 e. The van der Waals surface area contributed by atoms with Gasteiger partial charge in [-0.15, -0.1) is 0 Å². The topological polar surface area (TPSA) is 39.2 Å². The number of ether oxygens (including phenoxy) is 1. The van der Waals surface area contributed by atoms with Gasteiger partial charge in [0.25, 0.3) is 0 Å². The van der Waals surface area contributed by atoms with E-state index in [1.807, 2.05) is 26.0 Å². The van der Waals surface area contributed by atoms with Crippen molar-refractivity contribution in [1.82, 2.24) is 4.98 Å². The van der Waals surface area contributed by atoms with E-state index in [2.05, 4.69) is 36.2 Å². The zero-order chi connectivity index (χ0) is 14.1. The molecule has 19 heavy (non-hydrogen) atoms. The van der Waals surface area contributed by atoms with Crippen LogP contribution in [0.5, 0.6) is 0 Å². The number of hydrogen-bond donors (Lipinski definition) is 0. The van der Waals surface area contributed by atoms with Crippen LogP contribution in [-0.4, -0.2) is 24.5 Å². The number of nitrogens with zero attached hydrogens (tertiary/aromatic N) is 1. The predicted octanol–water partition coefficient (Wildman–Crippen LogP) is 3.41. The minimum absolute atomic E-state index is 0.338. The lowest BCUT2D eigenvalue weighted by Crippen LogP contribution is -2.08. The molecule has 0 aliphatic heterocycles. The van der Waals surface area contributed by atoms with E-state index in [4.69, 9.17) is 9.53 Å². The van der Waals surface area contributed by atoms with Crippen LogP contribution >= 0.6 is 0 Å². The lowest BCUT2D eigenvalue weighted by atomic mass is 10.0. The van der Waals surface area contributed by atoms with E-state index >= 15 is 0 Å². The summed E-state index contributed by atoms with van der Waals surface area (Å²) in [6.07, 6.45) is 4.30. The molecule has 0 aliphatic rings. The van der Waals surface area contributed by atoms with Crippen LogP contribution in [0.15, 0.2) is 36.5 Å². The number of aromatic nitrogens is 1. The molecule has 0 aliphatic carbocycles. The van der Waals surface area contributed by atoms with Crippen molar-refractivity contribution in [3.05, 3.63) is 42.1 Å². The summed E-state index contributed by atoms with van der Waals surface area (Å²) in [5.74, 6) is 0. The molecular formula is C16H21NO2. The molecule has 1 aromatic carbocycles. The molecule has 0 N–H and O–H groups in total. The minimum atomic E-state index is 0.338. The van der Waals surface area contributed by atoms with Crippen LogP contribution in [0.3, 0.4) is 0 Å². The van der Waals surface area contributed by atoms with Gasteiger partial charge in [-0.2, -0.15) is 0 Å². The molecule has 0 amide bonds. The van der Waals surface area contributed by atoms with Crippen LogP contribution in [0.1, 0.15) is 25.8 Å². The van der Waals surface area contributed by atoms with Crippen molar-refractivity contribution in [2.75, 3.05) is 6.61 Å². The van der Waals surface area contributed by atoms with E-state index in [1.54, 1.807) is 0 Å². The van der Waals surface area contributed by atoms with Crippen molar-refractivity contribution < 1.29 is 9.53 Å². The second-order valence-electron chi connectivity index (χ2n) is 4.34. The zero-order valence-electron chi connectivity index (χ0n) is 11.6. The van der Waals surface area contributed by atoms with Crippen molar-refractivity contribution in [2.45, 2.75) is 32.8 Å². The molecule has 0 radical (unpaired) electrons. The summed E-state index contributed by atoms with van der Waals surface area (Å²) in [7, 11) is 0. The Hall–Kier alpha value is -1.74. The van der Waals surface area contributed by atoms with Gasteiger partial charge in [-0.05, 0) is 50.5 Å². The van der Waals surface area contributed by atoms with Crippen LogP contribution in [0.2, 0.25) is 0 Å². The van der Waals surface area contributed by atoms with E-state index in [1.165, 1.54) is 10.9 Å². The van der Waals surface area contributed by atoms with Gasteiger partial charge in [0.05, 0.1) is 11.6 Å². The van der Waals surface area contributed by atoms with Crippen LogP contribution in [0.25, 0.3) is 10.9 Å². The Kier molecular flexibility index (Phi) is 6.75. The SMILES string of the molecule is C=O.CCOC(C)CCc1ccc2ncccc2c1. The van der Waals surface area contributed by atoms with Gasteiger partial charge >= 0.3 is 0 Å². The van der Waals surface area contributed by atoms with Gasteiger partial charge in [0.1, 0.15) is 6.79 Å². The fraction of sp³-hybridized carbons (Fsp3) is 0.375. The summed E-state index contributed by atoms with van der Waals surface area (Å²) < 4.78 is 5.54. The Balaban J connectivity index is 0.000000861. The first-order chi connectivity index (χ1) is 9.29. The van der Waals surface area contributed by atoms with Gasteiger partial charge in [-0.25, -0.2) is 0 Å². The first-order valence-corrected chi connectivity index (χ1v) is 6.53. The Bertz CT molecular complexity index is 499. The zero-order valence-corrected chi connectivity index (χ0v) is 11.6. The molecular weight excluding hydrogens is 238 g/mol. The molecule has 0 saturated carbocycles. The summed E-state index contributed by atoms with van der Waals surface area (Å²) in [6.45, 7) is 6.97. The van der Waals surface area contributed by atoms with Crippen molar-refractivity contribution in [1.29, 1.82) is 0 Å². The van der Waals surface area contributed by atoms with Gasteiger partial charge < -0.3 is 9.53 Å². The van der Waals surface area contributed by atoms with E-state index in [0.29, 0.717) is 6.10 Å². The highest BCUT2D eigenvalue weighted by Gasteiger charge is 2.02. The van der Waals surface area contributed by atoms with Gasteiger partial charge in [-0.3, -0.25) is 4.98 Å². The third-order valence-electron chi connectivity index (χ3n) is 2.96. The van der Waals surface area contributed by atoms with Gasteiger partial charge in [-0.1, -0.05) is 12.1 Å². The molecule has 0 spiro atoms. The fourth-order valence-electron chi connectivity index (χ4n) is 2.02. The molecule has 1 atom stereocenters. The number of fused-ring (bicyclic) bond motifs is 1. The number of carbonyl (C=O) groups excluding carboxylic acids is 1. The molecule has 1 heterocycles. The summed E-state index contributed by atoms with van der Waals surface area (Å²) in [6, 6.07) is 10.6. The summed E-state index contributed by atoms with van der Waals surface area (Å²) in [5, 5.41) is 1.22. The minimum Gasteiger partial charge on any atom is -0.379 e. The molecule has 3 nitrogen and oxygen atoms in total. The highest BCUT2D eigenvalue weighted by Crippen LogP contribution is 2.15. The van der Waals surface area contributed by atoms with E-state index in [0.717, 1.165) is 25.0 Å². The maximum absolute atomic E-state index is 8.00. The number of rotatable bonds is 5. The number of aryl methyl sites for hydroxylation is 1. The molecule has 0 bridgehead atoms. The molecule has 0 saturated heterocycles. The lowest BCUT2D eigenvalue weighted by molar-refractivity contribution is -0.0979. The normalized spacial score (nSPS) is 11.7. The van der Waals surface area contributed by atoms with Crippen LogP contribution < -0.4 is 0 Å². The lowest BCUT2D eigenvalue weighted by Gasteiger charge is -2.11. The Morgan fingerprint density at radius 3 is 2.84 bits per heavy atom. The average molecular weight is 259 g/mol. The van der Waals surface area contributed by atoms with E-state index in [9.17, 15) is 0 Å². The van der Waals surface area contributed by atoms with Crippen LogP contribution in [-0.2, 0) is 16.0 Å². The highest BCUT2D eigenvalue weighted by molar-refractivity contribution is 5.78. The largest absolute Gasteiger partial charge is 0.379 e. The highest BCUT2D eigenvalue weighted by atomic mass is 16.5. The summed E-state index contributed by atoms with van der Waals surface area (Å²) in [5.41, 5.74) is 2.42. The Morgan fingerprint density at radius 2 is 2.11 bits per heavy atom. The van der Waals surface area contributed by atoms with Gasteiger partial charge in [0.15, 0.2) is 0 Å². The number of carbonyl (C=O) groups is 1. The molecule has 2 rings (SSSR count). The number of pyridine rings is 1. The Morgan fingerprint density at radius 1 is 1.32 bits per heavy atom. The fourth-order valence-corrected chi connectivity index (χ4v) is 2.02. The first-order valence-electron chi connectivity index (χ1n) is 6.53. The number of hydrogen-bond acceptors (Lipinski definition) is 3. The van der Waals surface area contributed by atoms with Gasteiger partial charge in [0, 0.05) is 18.2 Å². The molecule has 1 unspecified atom stereocenters. The summed E-state index contributed by atoms with van der Waals surface area (Å²) >= 11 is 0. The Labute approximate surface area is 114 Å². The maximum atomic E-state index is 8.00. The third-order valence-corrected chi connectivity index (χ3v) is 2.96. The third kappa shape index (κ3) is 4.79. The van der Waals surface area contributed by atoms with Gasteiger partial charge in [0.2, 0.25) is 0 Å². The quantitative estimate of drug-likeness (QED) is 0.826. The summed E-state index contributed by atoms with van der Waals surface area (Å²) in [4.78, 5) is 12.3. The van der Waals surface area contributed by atoms with E-state index in [-0.39, 0.29) is 0 Å². The molecule has 3 heteroatoms. The van der Waals surface area contributed by atoms with Crippen molar-refractivity contribution in [2.24, 2.45) is 0 Å². The monoisotopic (exact) mass is 259 g/mol. The number of benzene rings is 1. The standard InChI is InChI=1S/C15H19NO.CH2O/c1-3-17-12(2)6-7-13-8-9-15-14(11-13)5-4-10-16-15;1-2/h4-5,8-12H,3,6-7H2,1-2H3;1H2. The smallest absolute Gasteiger partial charge is 0.106 e. The molecule has 0 fully saturated rings. The molecule has 2 aromatic rings.